The van der Waals surface area contributed by atoms with Crippen LogP contribution in [-0.2, 0) is 9.47 Å². The van der Waals surface area contributed by atoms with Gasteiger partial charge in [-0.3, -0.25) is 0 Å². The van der Waals surface area contributed by atoms with Crippen molar-refractivity contribution in [3.8, 4) is 0 Å². The Morgan fingerprint density at radius 1 is 1.00 bits per heavy atom. The van der Waals surface area contributed by atoms with Gasteiger partial charge in [-0.15, -0.1) is 0 Å². The summed E-state index contributed by atoms with van der Waals surface area (Å²) in [7, 11) is 0. The van der Waals surface area contributed by atoms with Gasteiger partial charge in [0, 0.05) is 23.5 Å². The third-order valence-corrected chi connectivity index (χ3v) is 5.17. The third kappa shape index (κ3) is 5.25. The van der Waals surface area contributed by atoms with Gasteiger partial charge in [0.05, 0.1) is 11.7 Å². The van der Waals surface area contributed by atoms with Crippen molar-refractivity contribution < 1.29 is 19.1 Å². The van der Waals surface area contributed by atoms with Gasteiger partial charge in [0.25, 0.3) is 0 Å². The summed E-state index contributed by atoms with van der Waals surface area (Å²) in [5, 5.41) is 5.61. The van der Waals surface area contributed by atoms with Gasteiger partial charge in [-0.2, -0.15) is 9.78 Å². The number of amides is 1. The minimum absolute atomic E-state index is 0.183. The highest BCUT2D eigenvalue weighted by molar-refractivity contribution is 6.32. The molecule has 0 N–H and O–H groups in total. The number of aromatic nitrogens is 2. The maximum atomic E-state index is 12.5. The molecule has 1 amide bonds. The Kier molecular flexibility index (Phi) is 6.05. The Labute approximate surface area is 182 Å². The lowest BCUT2D eigenvalue weighted by Gasteiger charge is -2.34. The van der Waals surface area contributed by atoms with E-state index in [4.69, 9.17) is 21.1 Å². The van der Waals surface area contributed by atoms with Crippen LogP contribution in [0.15, 0.2) is 18.3 Å². The fourth-order valence-electron chi connectivity index (χ4n) is 3.53. The van der Waals surface area contributed by atoms with E-state index in [9.17, 15) is 9.59 Å². The highest BCUT2D eigenvalue weighted by Crippen LogP contribution is 2.36. The van der Waals surface area contributed by atoms with Gasteiger partial charge < -0.3 is 14.4 Å². The van der Waals surface area contributed by atoms with Gasteiger partial charge in [-0.25, -0.2) is 9.59 Å². The summed E-state index contributed by atoms with van der Waals surface area (Å²) in [5.41, 5.74) is 0.498. The summed E-state index contributed by atoms with van der Waals surface area (Å²) >= 11 is 6.56. The van der Waals surface area contributed by atoms with E-state index in [0.29, 0.717) is 23.6 Å². The molecule has 0 aliphatic carbocycles. The van der Waals surface area contributed by atoms with Crippen molar-refractivity contribution in [1.82, 2.24) is 14.7 Å². The van der Waals surface area contributed by atoms with Crippen molar-refractivity contribution in [2.45, 2.75) is 71.5 Å². The number of nitrogens with zero attached hydrogens (tertiary/aromatic N) is 3. The van der Waals surface area contributed by atoms with Gasteiger partial charge in [0.2, 0.25) is 0 Å². The van der Waals surface area contributed by atoms with Crippen molar-refractivity contribution in [3.05, 3.63) is 28.9 Å². The number of piperidine rings is 1. The molecular weight excluding hydrogens is 406 g/mol. The quantitative estimate of drug-likeness (QED) is 0.583. The minimum atomic E-state index is -0.612. The molecule has 0 unspecified atom stereocenters. The number of hydrogen-bond donors (Lipinski definition) is 0. The fraction of sp³-hybridized carbons (Fsp3) is 0.591. The van der Waals surface area contributed by atoms with Crippen LogP contribution in [0.2, 0.25) is 5.02 Å². The van der Waals surface area contributed by atoms with E-state index in [-0.39, 0.29) is 12.0 Å². The first kappa shape index (κ1) is 22.4. The predicted octanol–water partition coefficient (Wildman–Crippen LogP) is 5.59. The van der Waals surface area contributed by atoms with E-state index in [1.54, 1.807) is 11.1 Å². The SMILES string of the molecule is CC(C)(C)OC(=O)N1CCC(c2cc3c(cnn3C(=O)OC(C)(C)C)cc2Cl)CC1. The molecule has 164 valence electrons. The van der Waals surface area contributed by atoms with Gasteiger partial charge in [-0.1, -0.05) is 11.6 Å². The Balaban J connectivity index is 1.78. The second kappa shape index (κ2) is 8.10. The van der Waals surface area contributed by atoms with Crippen LogP contribution in [0.1, 0.15) is 65.9 Å². The lowest BCUT2D eigenvalue weighted by atomic mass is 9.89. The van der Waals surface area contributed by atoms with Crippen molar-refractivity contribution in [2.75, 3.05) is 13.1 Å². The molecule has 0 atom stereocenters. The maximum Gasteiger partial charge on any atom is 0.435 e. The summed E-state index contributed by atoms with van der Waals surface area (Å²) in [5.74, 6) is 0.183. The summed E-state index contributed by atoms with van der Waals surface area (Å²) in [4.78, 5) is 26.6. The third-order valence-electron chi connectivity index (χ3n) is 4.84. The molecule has 8 heteroatoms. The predicted molar refractivity (Wildman–Crippen MR) is 116 cm³/mol. The Morgan fingerprint density at radius 3 is 2.13 bits per heavy atom. The van der Waals surface area contributed by atoms with Gasteiger partial charge >= 0.3 is 12.2 Å². The average Bonchev–Trinajstić information content (AvgIpc) is 3.01. The van der Waals surface area contributed by atoms with Crippen molar-refractivity contribution in [1.29, 1.82) is 0 Å². The van der Waals surface area contributed by atoms with Crippen LogP contribution >= 0.6 is 11.6 Å². The monoisotopic (exact) mass is 435 g/mol. The topological polar surface area (TPSA) is 73.7 Å². The number of fused-ring (bicyclic) bond motifs is 1. The van der Waals surface area contributed by atoms with Gasteiger partial charge in [-0.05, 0) is 78.0 Å². The van der Waals surface area contributed by atoms with Gasteiger partial charge in [0.1, 0.15) is 11.2 Å². The summed E-state index contributed by atoms with van der Waals surface area (Å²) in [6.45, 7) is 12.2. The van der Waals surface area contributed by atoms with Crippen LogP contribution < -0.4 is 0 Å². The zero-order valence-corrected chi connectivity index (χ0v) is 19.2. The van der Waals surface area contributed by atoms with Crippen LogP contribution in [0.3, 0.4) is 0 Å². The van der Waals surface area contributed by atoms with Crippen LogP contribution in [0.25, 0.3) is 10.9 Å². The molecule has 3 rings (SSSR count). The summed E-state index contributed by atoms with van der Waals surface area (Å²) < 4.78 is 12.2. The number of halogens is 1. The number of benzene rings is 1. The molecule has 1 aromatic carbocycles. The zero-order chi connectivity index (χ0) is 22.3. The van der Waals surface area contributed by atoms with Crippen LogP contribution in [0.5, 0.6) is 0 Å². The Morgan fingerprint density at radius 2 is 1.57 bits per heavy atom. The molecule has 0 spiro atoms. The molecule has 2 aromatic rings. The zero-order valence-electron chi connectivity index (χ0n) is 18.5. The van der Waals surface area contributed by atoms with Crippen LogP contribution in [0.4, 0.5) is 9.59 Å². The van der Waals surface area contributed by atoms with Crippen molar-refractivity contribution in [2.24, 2.45) is 0 Å². The molecule has 1 fully saturated rings. The summed E-state index contributed by atoms with van der Waals surface area (Å²) in [6.07, 6.45) is 2.34. The normalized spacial score (nSPS) is 16.0. The van der Waals surface area contributed by atoms with Crippen LogP contribution in [-0.4, -0.2) is 51.2 Å². The highest BCUT2D eigenvalue weighted by atomic mass is 35.5. The molecule has 7 nitrogen and oxygen atoms in total. The standard InChI is InChI=1S/C22H30ClN3O4/c1-21(2,3)29-19(27)25-9-7-14(8-10-25)16-12-18-15(11-17(16)23)13-24-26(18)20(28)30-22(4,5)6/h11-14H,7-10H2,1-6H3. The van der Waals surface area contributed by atoms with Crippen molar-refractivity contribution >= 4 is 34.7 Å². The maximum absolute atomic E-state index is 12.5. The lowest BCUT2D eigenvalue weighted by Crippen LogP contribution is -2.41. The average molecular weight is 436 g/mol. The first-order chi connectivity index (χ1) is 13.8. The minimum Gasteiger partial charge on any atom is -0.444 e. The Hall–Kier alpha value is -2.28. The molecule has 0 bridgehead atoms. The van der Waals surface area contributed by atoms with E-state index < -0.39 is 17.3 Å². The van der Waals surface area contributed by atoms with E-state index in [1.807, 2.05) is 53.7 Å². The smallest absolute Gasteiger partial charge is 0.435 e. The van der Waals surface area contributed by atoms with Gasteiger partial charge in [0.15, 0.2) is 0 Å². The molecule has 2 heterocycles. The molecule has 1 aromatic heterocycles. The molecule has 1 aliphatic rings. The first-order valence-electron chi connectivity index (χ1n) is 10.2. The molecule has 1 aliphatic heterocycles. The second-order valence-electron chi connectivity index (χ2n) is 9.71. The fourth-order valence-corrected chi connectivity index (χ4v) is 3.85. The van der Waals surface area contributed by atoms with E-state index in [1.165, 1.54) is 4.68 Å². The molecule has 0 saturated carbocycles. The number of hydrogen-bond acceptors (Lipinski definition) is 5. The Bertz CT molecular complexity index is 948. The largest absolute Gasteiger partial charge is 0.444 e. The molecular formula is C22H30ClN3O4. The molecule has 30 heavy (non-hydrogen) atoms. The van der Waals surface area contributed by atoms with Crippen LogP contribution in [0, 0.1) is 0 Å². The number of ether oxygens (including phenoxy) is 2. The highest BCUT2D eigenvalue weighted by Gasteiger charge is 2.29. The second-order valence-corrected chi connectivity index (χ2v) is 10.1. The lowest BCUT2D eigenvalue weighted by molar-refractivity contribution is 0.0204. The number of carbonyl (C=O) groups is 2. The van der Waals surface area contributed by atoms with Crippen molar-refractivity contribution in [3.63, 3.8) is 0 Å². The number of likely N-dealkylation sites (tertiary alicyclic amines) is 1. The number of rotatable bonds is 1. The number of carbonyl (C=O) groups excluding carboxylic acids is 2. The van der Waals surface area contributed by atoms with E-state index in [2.05, 4.69) is 5.10 Å². The van der Waals surface area contributed by atoms with E-state index in [0.717, 1.165) is 23.8 Å². The molecule has 1 saturated heterocycles. The van der Waals surface area contributed by atoms with E-state index >= 15 is 0 Å². The molecule has 0 radical (unpaired) electrons. The summed E-state index contributed by atoms with van der Waals surface area (Å²) in [6, 6.07) is 3.75. The first-order valence-corrected chi connectivity index (χ1v) is 10.6.